The summed E-state index contributed by atoms with van der Waals surface area (Å²) < 4.78 is 34.6. The molecule has 0 aliphatic carbocycles. The van der Waals surface area contributed by atoms with Crippen molar-refractivity contribution in [1.29, 1.82) is 0 Å². The van der Waals surface area contributed by atoms with Gasteiger partial charge in [0.1, 0.15) is 10.1 Å². The van der Waals surface area contributed by atoms with Crippen LogP contribution in [0, 0.1) is 0 Å². The van der Waals surface area contributed by atoms with Crippen LogP contribution in [-0.2, 0) is 10.1 Å². The predicted molar refractivity (Wildman–Crippen MR) is 107 cm³/mol. The third-order valence-electron chi connectivity index (χ3n) is 5.27. The van der Waals surface area contributed by atoms with Crippen LogP contribution in [-0.4, -0.2) is 49.4 Å². The molecule has 0 saturated heterocycles. The van der Waals surface area contributed by atoms with Crippen LogP contribution in [0.1, 0.15) is 97.8 Å². The van der Waals surface area contributed by atoms with Gasteiger partial charge in [-0.05, 0) is 38.5 Å². The molecular weight excluding hydrogens is 334 g/mol. The fourth-order valence-electron chi connectivity index (χ4n) is 3.60. The van der Waals surface area contributed by atoms with E-state index in [0.29, 0.717) is 6.54 Å². The van der Waals surface area contributed by atoms with Crippen molar-refractivity contribution in [2.75, 3.05) is 31.9 Å². The molecule has 0 bridgehead atoms. The van der Waals surface area contributed by atoms with E-state index in [1.165, 1.54) is 57.8 Å². The average molecular weight is 378 g/mol. The first-order valence-electron chi connectivity index (χ1n) is 10.7. The maximum atomic E-state index is 11.2. The Morgan fingerprint density at radius 1 is 0.600 bits per heavy atom. The number of rotatable bonds is 18. The SMILES string of the molecule is CCCCCC[N+](CCCCCC)(CCCCCC)CCS(=O)(=O)[O-]. The van der Waals surface area contributed by atoms with E-state index in [1.807, 2.05) is 0 Å². The average Bonchev–Trinajstić information content (AvgIpc) is 2.57. The van der Waals surface area contributed by atoms with E-state index in [4.69, 9.17) is 0 Å². The van der Waals surface area contributed by atoms with Crippen LogP contribution in [0.4, 0.5) is 0 Å². The Labute approximate surface area is 157 Å². The number of nitrogens with zero attached hydrogens (tertiary/aromatic N) is 1. The van der Waals surface area contributed by atoms with Crippen molar-refractivity contribution >= 4 is 10.1 Å². The fourth-order valence-corrected chi connectivity index (χ4v) is 4.21. The summed E-state index contributed by atoms with van der Waals surface area (Å²) in [6.07, 6.45) is 14.4. The molecule has 5 heteroatoms. The lowest BCUT2D eigenvalue weighted by molar-refractivity contribution is -0.926. The smallest absolute Gasteiger partial charge is 0.100 e. The second-order valence-corrected chi connectivity index (χ2v) is 9.20. The van der Waals surface area contributed by atoms with Crippen molar-refractivity contribution in [2.45, 2.75) is 97.8 Å². The molecule has 0 radical (unpaired) electrons. The van der Waals surface area contributed by atoms with Crippen molar-refractivity contribution < 1.29 is 17.5 Å². The quantitative estimate of drug-likeness (QED) is 0.190. The molecule has 0 N–H and O–H groups in total. The van der Waals surface area contributed by atoms with E-state index in [0.717, 1.165) is 43.4 Å². The van der Waals surface area contributed by atoms with E-state index in [1.54, 1.807) is 0 Å². The van der Waals surface area contributed by atoms with E-state index in [9.17, 15) is 13.0 Å². The Balaban J connectivity index is 4.85. The molecule has 0 fully saturated rings. The van der Waals surface area contributed by atoms with Gasteiger partial charge in [-0.15, -0.1) is 0 Å². The second-order valence-electron chi connectivity index (χ2n) is 7.68. The van der Waals surface area contributed by atoms with Crippen molar-refractivity contribution in [2.24, 2.45) is 0 Å². The summed E-state index contributed by atoms with van der Waals surface area (Å²) in [5.74, 6) is -0.206. The van der Waals surface area contributed by atoms with Gasteiger partial charge >= 0.3 is 0 Å². The summed E-state index contributed by atoms with van der Waals surface area (Å²) in [6, 6.07) is 0. The van der Waals surface area contributed by atoms with E-state index < -0.39 is 10.1 Å². The lowest BCUT2D eigenvalue weighted by Gasteiger charge is -2.39. The molecule has 152 valence electrons. The molecule has 25 heavy (non-hydrogen) atoms. The maximum Gasteiger partial charge on any atom is 0.100 e. The van der Waals surface area contributed by atoms with Crippen LogP contribution in [0.3, 0.4) is 0 Å². The molecule has 0 saturated carbocycles. The minimum Gasteiger partial charge on any atom is -0.748 e. The first kappa shape index (κ1) is 24.9. The van der Waals surface area contributed by atoms with Gasteiger partial charge in [-0.1, -0.05) is 59.3 Å². The zero-order chi connectivity index (χ0) is 19.0. The fraction of sp³-hybridized carbons (Fsp3) is 1.00. The van der Waals surface area contributed by atoms with Gasteiger partial charge in [0.05, 0.1) is 31.9 Å². The molecule has 0 aromatic rings. The Morgan fingerprint density at radius 3 is 1.24 bits per heavy atom. The van der Waals surface area contributed by atoms with Gasteiger partial charge < -0.3 is 9.04 Å². The first-order chi connectivity index (χ1) is 11.9. The molecule has 0 aromatic carbocycles. The summed E-state index contributed by atoms with van der Waals surface area (Å²) >= 11 is 0. The summed E-state index contributed by atoms with van der Waals surface area (Å²) in [7, 11) is -4.13. The molecule has 0 aliphatic heterocycles. The molecule has 0 amide bonds. The van der Waals surface area contributed by atoms with E-state index >= 15 is 0 Å². The molecule has 0 aliphatic rings. The molecule has 0 aromatic heterocycles. The molecule has 0 spiro atoms. The minimum absolute atomic E-state index is 0.206. The highest BCUT2D eigenvalue weighted by Gasteiger charge is 2.26. The molecule has 0 unspecified atom stereocenters. The number of unbranched alkanes of at least 4 members (excludes halogenated alkanes) is 9. The molecule has 4 nitrogen and oxygen atoms in total. The number of hydrogen-bond acceptors (Lipinski definition) is 3. The highest BCUT2D eigenvalue weighted by molar-refractivity contribution is 7.85. The lowest BCUT2D eigenvalue weighted by atomic mass is 10.1. The number of hydrogen-bond donors (Lipinski definition) is 0. The van der Waals surface area contributed by atoms with Crippen molar-refractivity contribution in [1.82, 2.24) is 0 Å². The largest absolute Gasteiger partial charge is 0.748 e. The summed E-state index contributed by atoms with van der Waals surface area (Å²) in [4.78, 5) is 0. The van der Waals surface area contributed by atoms with Crippen LogP contribution in [0.15, 0.2) is 0 Å². The molecule has 0 atom stereocenters. The minimum atomic E-state index is -4.13. The zero-order valence-corrected chi connectivity index (χ0v) is 17.9. The molecular formula is C20H43NO3S. The Kier molecular flexibility index (Phi) is 14.9. The van der Waals surface area contributed by atoms with Crippen LogP contribution in [0.5, 0.6) is 0 Å². The monoisotopic (exact) mass is 377 g/mol. The Morgan fingerprint density at radius 2 is 0.960 bits per heavy atom. The topological polar surface area (TPSA) is 57.2 Å². The van der Waals surface area contributed by atoms with Crippen molar-refractivity contribution in [3.63, 3.8) is 0 Å². The van der Waals surface area contributed by atoms with E-state index in [2.05, 4.69) is 20.8 Å². The van der Waals surface area contributed by atoms with Gasteiger partial charge in [0, 0.05) is 0 Å². The summed E-state index contributed by atoms with van der Waals surface area (Å²) in [5.41, 5.74) is 0. The second kappa shape index (κ2) is 15.0. The third kappa shape index (κ3) is 14.7. The van der Waals surface area contributed by atoms with Gasteiger partial charge in [-0.3, -0.25) is 0 Å². The predicted octanol–water partition coefficient (Wildman–Crippen LogP) is 5.09. The van der Waals surface area contributed by atoms with Crippen LogP contribution in [0.2, 0.25) is 0 Å². The highest BCUT2D eigenvalue weighted by atomic mass is 32.2. The third-order valence-corrected chi connectivity index (χ3v) is 5.96. The van der Waals surface area contributed by atoms with E-state index in [-0.39, 0.29) is 5.75 Å². The zero-order valence-electron chi connectivity index (χ0n) is 17.1. The first-order valence-corrected chi connectivity index (χ1v) is 12.3. The Hall–Kier alpha value is -0.130. The van der Waals surface area contributed by atoms with Gasteiger partial charge in [-0.2, -0.15) is 0 Å². The summed E-state index contributed by atoms with van der Waals surface area (Å²) in [5, 5.41) is 0. The summed E-state index contributed by atoms with van der Waals surface area (Å²) in [6.45, 7) is 10.2. The maximum absolute atomic E-state index is 11.2. The Bertz CT molecular complexity index is 364. The van der Waals surface area contributed by atoms with Gasteiger partial charge in [0.2, 0.25) is 0 Å². The molecule has 0 heterocycles. The van der Waals surface area contributed by atoms with Crippen LogP contribution < -0.4 is 0 Å². The lowest BCUT2D eigenvalue weighted by Crippen LogP contribution is -2.52. The highest BCUT2D eigenvalue weighted by Crippen LogP contribution is 2.18. The normalized spacial score (nSPS) is 12.6. The van der Waals surface area contributed by atoms with Crippen LogP contribution in [0.25, 0.3) is 0 Å². The standard InChI is InChI=1S/C20H43NO3S/c1-4-7-10-13-16-21(17-14-11-8-5-2,18-15-12-9-6-3)19-20-25(22,23)24/h4-20H2,1-3H3. The van der Waals surface area contributed by atoms with Crippen LogP contribution >= 0.6 is 0 Å². The van der Waals surface area contributed by atoms with Gasteiger partial charge in [-0.25, -0.2) is 8.42 Å². The number of quaternary nitrogens is 1. The molecule has 0 rings (SSSR count). The van der Waals surface area contributed by atoms with Crippen molar-refractivity contribution in [3.05, 3.63) is 0 Å². The van der Waals surface area contributed by atoms with Crippen molar-refractivity contribution in [3.8, 4) is 0 Å². The van der Waals surface area contributed by atoms with Gasteiger partial charge in [0.15, 0.2) is 0 Å². The van der Waals surface area contributed by atoms with Gasteiger partial charge in [0.25, 0.3) is 0 Å².